The van der Waals surface area contributed by atoms with Crippen LogP contribution in [0.3, 0.4) is 0 Å². The van der Waals surface area contributed by atoms with E-state index >= 15 is 0 Å². The van der Waals surface area contributed by atoms with Crippen molar-refractivity contribution in [2.24, 2.45) is 5.41 Å². The van der Waals surface area contributed by atoms with Crippen molar-refractivity contribution < 1.29 is 9.90 Å². The number of Topliss-reactive ketones (excluding diaryl/α,β-unsaturated/α-hetero) is 1. The lowest BCUT2D eigenvalue weighted by Gasteiger charge is -2.28. The standard InChI is InChI=1S/C9H18O2/c1-5-6-9(3,4)8(11)7(2)10/h8,11H,5-6H2,1-4H3. The molecule has 1 atom stereocenters. The minimum absolute atomic E-state index is 0.136. The smallest absolute Gasteiger partial charge is 0.158 e. The highest BCUT2D eigenvalue weighted by molar-refractivity contribution is 5.80. The normalized spacial score (nSPS) is 14.6. The number of carbonyl (C=O) groups is 1. The van der Waals surface area contributed by atoms with Gasteiger partial charge in [-0.1, -0.05) is 27.2 Å². The van der Waals surface area contributed by atoms with Crippen LogP contribution in [0.5, 0.6) is 0 Å². The lowest BCUT2D eigenvalue weighted by molar-refractivity contribution is -0.130. The van der Waals surface area contributed by atoms with E-state index in [4.69, 9.17) is 0 Å². The highest BCUT2D eigenvalue weighted by atomic mass is 16.3. The van der Waals surface area contributed by atoms with Crippen LogP contribution in [0.1, 0.15) is 40.5 Å². The summed E-state index contributed by atoms with van der Waals surface area (Å²) < 4.78 is 0. The first-order chi connectivity index (χ1) is 4.91. The van der Waals surface area contributed by atoms with E-state index in [-0.39, 0.29) is 11.2 Å². The quantitative estimate of drug-likeness (QED) is 0.677. The van der Waals surface area contributed by atoms with Gasteiger partial charge < -0.3 is 5.11 Å². The van der Waals surface area contributed by atoms with E-state index in [1.807, 2.05) is 13.8 Å². The molecule has 0 aliphatic rings. The van der Waals surface area contributed by atoms with Crippen molar-refractivity contribution in [3.8, 4) is 0 Å². The van der Waals surface area contributed by atoms with Crippen LogP contribution in [0.4, 0.5) is 0 Å². The molecular weight excluding hydrogens is 140 g/mol. The number of carbonyl (C=O) groups excluding carboxylic acids is 1. The zero-order valence-electron chi connectivity index (χ0n) is 7.85. The molecule has 0 bridgehead atoms. The van der Waals surface area contributed by atoms with Crippen LogP contribution >= 0.6 is 0 Å². The van der Waals surface area contributed by atoms with Crippen molar-refractivity contribution in [2.75, 3.05) is 0 Å². The molecule has 11 heavy (non-hydrogen) atoms. The van der Waals surface area contributed by atoms with E-state index in [1.54, 1.807) is 0 Å². The van der Waals surface area contributed by atoms with E-state index in [1.165, 1.54) is 6.92 Å². The molecule has 66 valence electrons. The number of hydrogen-bond acceptors (Lipinski definition) is 2. The summed E-state index contributed by atoms with van der Waals surface area (Å²) in [7, 11) is 0. The fraction of sp³-hybridized carbons (Fsp3) is 0.889. The summed E-state index contributed by atoms with van der Waals surface area (Å²) in [6.45, 7) is 7.32. The second kappa shape index (κ2) is 3.86. The highest BCUT2D eigenvalue weighted by Gasteiger charge is 2.29. The third-order valence-electron chi connectivity index (χ3n) is 2.02. The SMILES string of the molecule is CCCC(C)(C)C(O)C(C)=O. The molecule has 0 aliphatic carbocycles. The lowest BCUT2D eigenvalue weighted by Crippen LogP contribution is -2.34. The largest absolute Gasteiger partial charge is 0.385 e. The van der Waals surface area contributed by atoms with E-state index in [0.717, 1.165) is 12.8 Å². The van der Waals surface area contributed by atoms with Gasteiger partial charge in [0.25, 0.3) is 0 Å². The maximum Gasteiger partial charge on any atom is 0.158 e. The molecule has 2 nitrogen and oxygen atoms in total. The van der Waals surface area contributed by atoms with Gasteiger partial charge >= 0.3 is 0 Å². The van der Waals surface area contributed by atoms with Gasteiger partial charge in [0.2, 0.25) is 0 Å². The molecule has 0 aromatic heterocycles. The van der Waals surface area contributed by atoms with Gasteiger partial charge in [0.05, 0.1) is 0 Å². The number of aliphatic hydroxyl groups is 1. The Bertz CT molecular complexity index is 138. The summed E-state index contributed by atoms with van der Waals surface area (Å²) in [5, 5.41) is 9.44. The Balaban J connectivity index is 4.16. The van der Waals surface area contributed by atoms with Crippen molar-refractivity contribution in [2.45, 2.75) is 46.6 Å². The van der Waals surface area contributed by atoms with Gasteiger partial charge in [-0.25, -0.2) is 0 Å². The molecule has 1 unspecified atom stereocenters. The summed E-state index contributed by atoms with van der Waals surface area (Å²) in [6.07, 6.45) is 1.08. The van der Waals surface area contributed by atoms with Crippen LogP contribution in [0.25, 0.3) is 0 Å². The zero-order valence-corrected chi connectivity index (χ0v) is 7.85. The second-order valence-electron chi connectivity index (χ2n) is 3.75. The fourth-order valence-corrected chi connectivity index (χ4v) is 1.33. The van der Waals surface area contributed by atoms with Gasteiger partial charge in [0.15, 0.2) is 5.78 Å². The van der Waals surface area contributed by atoms with E-state index < -0.39 is 6.10 Å². The molecule has 0 heterocycles. The van der Waals surface area contributed by atoms with Crippen LogP contribution in [0.2, 0.25) is 0 Å². The Morgan fingerprint density at radius 1 is 1.55 bits per heavy atom. The number of rotatable bonds is 4. The van der Waals surface area contributed by atoms with Crippen molar-refractivity contribution in [3.05, 3.63) is 0 Å². The Kier molecular flexibility index (Phi) is 3.73. The Morgan fingerprint density at radius 3 is 2.27 bits per heavy atom. The minimum Gasteiger partial charge on any atom is -0.385 e. The summed E-state index contributed by atoms with van der Waals surface area (Å²) >= 11 is 0. The molecule has 0 aromatic carbocycles. The van der Waals surface area contributed by atoms with Crippen molar-refractivity contribution in [1.29, 1.82) is 0 Å². The summed E-state index contributed by atoms with van der Waals surface area (Å²) in [6, 6.07) is 0. The van der Waals surface area contributed by atoms with Gasteiger partial charge in [-0.2, -0.15) is 0 Å². The maximum atomic E-state index is 10.8. The van der Waals surface area contributed by atoms with Crippen LogP contribution in [0, 0.1) is 5.41 Å². The van der Waals surface area contributed by atoms with Crippen LogP contribution in [-0.4, -0.2) is 17.0 Å². The van der Waals surface area contributed by atoms with Gasteiger partial charge in [-0.05, 0) is 18.8 Å². The van der Waals surface area contributed by atoms with E-state index in [2.05, 4.69) is 6.92 Å². The molecule has 2 heteroatoms. The summed E-state index contributed by atoms with van der Waals surface area (Å²) in [5.41, 5.74) is -0.263. The molecule has 1 N–H and O–H groups in total. The molecule has 0 radical (unpaired) electrons. The van der Waals surface area contributed by atoms with E-state index in [0.29, 0.717) is 0 Å². The highest BCUT2D eigenvalue weighted by Crippen LogP contribution is 2.27. The topological polar surface area (TPSA) is 37.3 Å². The fourth-order valence-electron chi connectivity index (χ4n) is 1.33. The Morgan fingerprint density at radius 2 is 2.00 bits per heavy atom. The van der Waals surface area contributed by atoms with E-state index in [9.17, 15) is 9.90 Å². The number of ketones is 1. The number of aliphatic hydroxyl groups excluding tert-OH is 1. The average molecular weight is 158 g/mol. The molecule has 0 aliphatic heterocycles. The lowest BCUT2D eigenvalue weighted by atomic mass is 9.81. The second-order valence-corrected chi connectivity index (χ2v) is 3.75. The molecule has 0 amide bonds. The zero-order chi connectivity index (χ0) is 9.07. The monoisotopic (exact) mass is 158 g/mol. The van der Waals surface area contributed by atoms with Gasteiger partial charge in [0, 0.05) is 0 Å². The Labute approximate surface area is 68.6 Å². The van der Waals surface area contributed by atoms with Crippen molar-refractivity contribution in [3.63, 3.8) is 0 Å². The van der Waals surface area contributed by atoms with Crippen LogP contribution in [-0.2, 0) is 4.79 Å². The molecule has 0 aromatic rings. The average Bonchev–Trinajstić information content (AvgIpc) is 1.86. The maximum absolute atomic E-state index is 10.8. The first kappa shape index (κ1) is 10.6. The molecule has 0 saturated carbocycles. The van der Waals surface area contributed by atoms with Crippen LogP contribution in [0.15, 0.2) is 0 Å². The predicted molar refractivity (Wildman–Crippen MR) is 45.4 cm³/mol. The minimum atomic E-state index is -0.803. The van der Waals surface area contributed by atoms with Crippen LogP contribution < -0.4 is 0 Å². The van der Waals surface area contributed by atoms with Crippen molar-refractivity contribution >= 4 is 5.78 Å². The summed E-state index contributed by atoms with van der Waals surface area (Å²) in [4.78, 5) is 10.8. The molecule has 0 fully saturated rings. The molecular formula is C9H18O2. The third-order valence-corrected chi connectivity index (χ3v) is 2.02. The van der Waals surface area contributed by atoms with Gasteiger partial charge in [-0.3, -0.25) is 4.79 Å². The van der Waals surface area contributed by atoms with Gasteiger partial charge in [-0.15, -0.1) is 0 Å². The third kappa shape index (κ3) is 3.02. The van der Waals surface area contributed by atoms with Gasteiger partial charge in [0.1, 0.15) is 6.10 Å². The molecule has 0 saturated heterocycles. The first-order valence-corrected chi connectivity index (χ1v) is 4.10. The predicted octanol–water partition coefficient (Wildman–Crippen LogP) is 1.76. The summed E-state index contributed by atoms with van der Waals surface area (Å²) in [5.74, 6) is -0.136. The molecule has 0 rings (SSSR count). The Hall–Kier alpha value is -0.370. The number of hydrogen-bond donors (Lipinski definition) is 1. The first-order valence-electron chi connectivity index (χ1n) is 4.10. The van der Waals surface area contributed by atoms with Crippen molar-refractivity contribution in [1.82, 2.24) is 0 Å². The molecule has 0 spiro atoms.